The van der Waals surface area contributed by atoms with Crippen molar-refractivity contribution in [3.63, 3.8) is 0 Å². The molecule has 1 aromatic carbocycles. The number of benzene rings is 1. The van der Waals surface area contributed by atoms with Crippen molar-refractivity contribution in [3.8, 4) is 29.2 Å². The number of methoxy groups -OCH3 is 3. The number of fused-ring (bicyclic) bond motifs is 1. The van der Waals surface area contributed by atoms with Gasteiger partial charge < -0.3 is 24.7 Å². The van der Waals surface area contributed by atoms with E-state index in [0.29, 0.717) is 5.75 Å². The molecule has 3 N–H and O–H groups in total. The molecule has 3 rings (SSSR count). The van der Waals surface area contributed by atoms with Crippen molar-refractivity contribution in [2.75, 3.05) is 21.3 Å². The molecule has 0 unspecified atom stereocenters. The van der Waals surface area contributed by atoms with Crippen LogP contribution in [0.2, 0.25) is 0 Å². The van der Waals surface area contributed by atoms with E-state index >= 15 is 0 Å². The second kappa shape index (κ2) is 6.88. The van der Waals surface area contributed by atoms with E-state index in [1.807, 2.05) is 11.2 Å². The highest BCUT2D eigenvalue weighted by atomic mass is 19.4. The number of aromatic nitrogens is 2. The van der Waals surface area contributed by atoms with Crippen LogP contribution in [0.3, 0.4) is 0 Å². The molecular weight excluding hydrogens is 381 g/mol. The number of hydrogen-bond donors (Lipinski definition) is 2. The summed E-state index contributed by atoms with van der Waals surface area (Å²) < 4.78 is 61.6. The smallest absolute Gasteiger partial charge is 0.433 e. The van der Waals surface area contributed by atoms with E-state index in [1.54, 1.807) is 0 Å². The largest absolute Gasteiger partial charge is 0.493 e. The normalized spacial score (nSPS) is 16.1. The third kappa shape index (κ3) is 2.83. The highest BCUT2D eigenvalue weighted by Gasteiger charge is 2.45. The summed E-state index contributed by atoms with van der Waals surface area (Å²) in [5.41, 5.74) is 4.24. The first kappa shape index (κ1) is 19.2. The zero-order chi connectivity index (χ0) is 20.6. The molecule has 0 saturated heterocycles. The molecule has 28 heavy (non-hydrogen) atoms. The molecule has 2 heterocycles. The predicted molar refractivity (Wildman–Crippen MR) is 89.0 cm³/mol. The highest BCUT2D eigenvalue weighted by Crippen LogP contribution is 2.51. The van der Waals surface area contributed by atoms with Gasteiger partial charge in [0.2, 0.25) is 17.5 Å². The van der Waals surface area contributed by atoms with Gasteiger partial charge in [-0.2, -0.15) is 18.4 Å². The Bertz CT molecular complexity index is 992. The van der Waals surface area contributed by atoms with Gasteiger partial charge in [0, 0.05) is 5.56 Å². The fourth-order valence-corrected chi connectivity index (χ4v) is 3.12. The van der Waals surface area contributed by atoms with E-state index in [9.17, 15) is 18.4 Å². The Hall–Kier alpha value is -3.55. The number of allylic oxidation sites excluding steroid dienone is 1. The topological polar surface area (TPSA) is 115 Å². The molecule has 0 aliphatic carbocycles. The number of ether oxygens (including phenoxy) is 4. The maximum absolute atomic E-state index is 13.5. The molecule has 0 amide bonds. The lowest BCUT2D eigenvalue weighted by Crippen LogP contribution is -2.23. The maximum Gasteiger partial charge on any atom is 0.433 e. The van der Waals surface area contributed by atoms with Gasteiger partial charge in [0.05, 0.1) is 32.8 Å². The number of hydrogen-bond acceptors (Lipinski definition) is 7. The Balaban J connectivity index is 2.36. The second-order valence-corrected chi connectivity index (χ2v) is 5.66. The third-order valence-corrected chi connectivity index (χ3v) is 4.27. The molecule has 0 radical (unpaired) electrons. The van der Waals surface area contributed by atoms with E-state index in [1.165, 1.54) is 33.5 Å². The average Bonchev–Trinajstić information content (AvgIpc) is 3.09. The zero-order valence-corrected chi connectivity index (χ0v) is 15.0. The Morgan fingerprint density at radius 3 is 2.39 bits per heavy atom. The molecule has 1 aromatic heterocycles. The van der Waals surface area contributed by atoms with Crippen LogP contribution in [-0.4, -0.2) is 31.5 Å². The summed E-state index contributed by atoms with van der Waals surface area (Å²) in [7, 11) is 4.08. The van der Waals surface area contributed by atoms with E-state index in [-0.39, 0.29) is 40.0 Å². The molecule has 0 spiro atoms. The van der Waals surface area contributed by atoms with Gasteiger partial charge in [-0.25, -0.2) is 0 Å². The van der Waals surface area contributed by atoms with Crippen molar-refractivity contribution < 1.29 is 32.1 Å². The molecule has 11 heteroatoms. The van der Waals surface area contributed by atoms with Crippen molar-refractivity contribution in [1.82, 2.24) is 10.2 Å². The quantitative estimate of drug-likeness (QED) is 0.816. The van der Waals surface area contributed by atoms with Gasteiger partial charge in [0.15, 0.2) is 11.5 Å². The van der Waals surface area contributed by atoms with Crippen LogP contribution in [0, 0.1) is 11.3 Å². The average molecular weight is 396 g/mol. The van der Waals surface area contributed by atoms with Gasteiger partial charge in [-0.3, -0.25) is 5.10 Å². The summed E-state index contributed by atoms with van der Waals surface area (Å²) in [5.74, 6) is -1.42. The minimum absolute atomic E-state index is 0.0922. The number of nitriles is 1. The van der Waals surface area contributed by atoms with Crippen molar-refractivity contribution in [1.29, 1.82) is 5.26 Å². The van der Waals surface area contributed by atoms with Crippen LogP contribution in [0.1, 0.15) is 22.7 Å². The number of alkyl halides is 3. The van der Waals surface area contributed by atoms with Crippen LogP contribution < -0.4 is 24.7 Å². The van der Waals surface area contributed by atoms with Gasteiger partial charge in [-0.15, -0.1) is 5.10 Å². The third-order valence-electron chi connectivity index (χ3n) is 4.27. The SMILES string of the molecule is COc1ccc([C@@H]2C(C#N)=C(N)Oc3n[nH]c(C(F)(F)F)c32)c(OC)c1OC. The Kier molecular flexibility index (Phi) is 4.72. The number of nitrogens with zero attached hydrogens (tertiary/aromatic N) is 2. The first-order valence-corrected chi connectivity index (χ1v) is 7.80. The van der Waals surface area contributed by atoms with E-state index in [4.69, 9.17) is 24.7 Å². The standard InChI is InChI=1S/C17H15F3N4O4/c1-25-9-5-4-7(12(26-2)13(9)27-3)10-8(6-21)15(22)28-16-11(10)14(23-24-16)17(18,19)20/h4-5,10H,22H2,1-3H3,(H,23,24)/t10-/m1/s1. The monoisotopic (exact) mass is 396 g/mol. The second-order valence-electron chi connectivity index (χ2n) is 5.66. The van der Waals surface area contributed by atoms with E-state index in [0.717, 1.165) is 0 Å². The van der Waals surface area contributed by atoms with Crippen LogP contribution in [0.15, 0.2) is 23.6 Å². The number of rotatable bonds is 4. The Morgan fingerprint density at radius 1 is 1.18 bits per heavy atom. The minimum Gasteiger partial charge on any atom is -0.493 e. The predicted octanol–water partition coefficient (Wildman–Crippen LogP) is 2.67. The molecular formula is C17H15F3N4O4. The number of nitrogens with two attached hydrogens (primary N) is 1. The molecule has 2 aromatic rings. The summed E-state index contributed by atoms with van der Waals surface area (Å²) in [6, 6.07) is 4.78. The fraction of sp³-hybridized carbons (Fsp3) is 0.294. The molecule has 0 saturated carbocycles. The van der Waals surface area contributed by atoms with Crippen LogP contribution in [0.5, 0.6) is 23.1 Å². The number of halogens is 3. The molecule has 148 valence electrons. The van der Waals surface area contributed by atoms with Gasteiger partial charge in [-0.1, -0.05) is 6.07 Å². The van der Waals surface area contributed by atoms with Crippen LogP contribution in [0.4, 0.5) is 13.2 Å². The zero-order valence-electron chi connectivity index (χ0n) is 15.0. The van der Waals surface area contributed by atoms with Crippen LogP contribution >= 0.6 is 0 Å². The lowest BCUT2D eigenvalue weighted by atomic mass is 9.83. The molecule has 1 aliphatic heterocycles. The summed E-state index contributed by atoms with van der Waals surface area (Å²) >= 11 is 0. The van der Waals surface area contributed by atoms with Crippen molar-refractivity contribution >= 4 is 0 Å². The van der Waals surface area contributed by atoms with Crippen LogP contribution in [-0.2, 0) is 6.18 Å². The lowest BCUT2D eigenvalue weighted by Gasteiger charge is -2.26. The van der Waals surface area contributed by atoms with Crippen molar-refractivity contribution in [2.24, 2.45) is 5.73 Å². The van der Waals surface area contributed by atoms with Gasteiger partial charge in [0.25, 0.3) is 0 Å². The Morgan fingerprint density at radius 2 is 1.86 bits per heavy atom. The highest BCUT2D eigenvalue weighted by molar-refractivity contribution is 5.64. The number of nitrogens with one attached hydrogen (secondary N) is 1. The minimum atomic E-state index is -4.77. The summed E-state index contributed by atoms with van der Waals surface area (Å²) in [6.45, 7) is 0. The maximum atomic E-state index is 13.5. The summed E-state index contributed by atoms with van der Waals surface area (Å²) in [5, 5.41) is 15.0. The number of aromatic amines is 1. The first-order chi connectivity index (χ1) is 13.3. The number of H-pyrrole nitrogens is 1. The van der Waals surface area contributed by atoms with Gasteiger partial charge in [-0.05, 0) is 6.07 Å². The lowest BCUT2D eigenvalue weighted by molar-refractivity contribution is -0.141. The van der Waals surface area contributed by atoms with Crippen LogP contribution in [0.25, 0.3) is 0 Å². The Labute approximate surface area is 157 Å². The van der Waals surface area contributed by atoms with Gasteiger partial charge >= 0.3 is 6.18 Å². The fourth-order valence-electron chi connectivity index (χ4n) is 3.12. The molecule has 1 atom stereocenters. The summed E-state index contributed by atoms with van der Waals surface area (Å²) in [4.78, 5) is 0. The van der Waals surface area contributed by atoms with Crippen molar-refractivity contribution in [3.05, 3.63) is 40.4 Å². The summed E-state index contributed by atoms with van der Waals surface area (Å²) in [6.07, 6.45) is -4.77. The van der Waals surface area contributed by atoms with E-state index < -0.39 is 17.8 Å². The molecule has 8 nitrogen and oxygen atoms in total. The molecule has 0 fully saturated rings. The van der Waals surface area contributed by atoms with Gasteiger partial charge in [0.1, 0.15) is 17.3 Å². The molecule has 1 aliphatic rings. The van der Waals surface area contributed by atoms with Crippen molar-refractivity contribution in [2.45, 2.75) is 12.1 Å². The first-order valence-electron chi connectivity index (χ1n) is 7.80. The molecule has 0 bridgehead atoms. The van der Waals surface area contributed by atoms with E-state index in [2.05, 4.69) is 5.10 Å².